The van der Waals surface area contributed by atoms with Crippen molar-refractivity contribution in [2.75, 3.05) is 0 Å². The van der Waals surface area contributed by atoms with Crippen molar-refractivity contribution in [3.05, 3.63) is 23.8 Å². The van der Waals surface area contributed by atoms with Crippen LogP contribution in [0.2, 0.25) is 0 Å². The average molecular weight is 290 g/mol. The molecule has 0 atom stereocenters. The Morgan fingerprint density at radius 2 is 1.41 bits per heavy atom. The van der Waals surface area contributed by atoms with Crippen molar-refractivity contribution in [1.82, 2.24) is 0 Å². The Morgan fingerprint density at radius 3 is 1.76 bits per heavy atom. The molecule has 0 fully saturated rings. The van der Waals surface area contributed by atoms with Gasteiger partial charge in [0, 0.05) is 5.56 Å². The van der Waals surface area contributed by atoms with E-state index in [0.29, 0.717) is 12.1 Å². The third kappa shape index (κ3) is 4.14. The van der Waals surface area contributed by atoms with E-state index < -0.39 is 30.0 Å². The van der Waals surface area contributed by atoms with Crippen LogP contribution in [0.25, 0.3) is 0 Å². The molecule has 0 aliphatic rings. The predicted molar refractivity (Wildman–Crippen MR) is 58.6 cm³/mol. The van der Waals surface area contributed by atoms with E-state index in [-0.39, 0.29) is 41.4 Å². The molecule has 90 valence electrons. The van der Waals surface area contributed by atoms with Gasteiger partial charge in [0.15, 0.2) is 0 Å². The third-order valence-corrected chi connectivity index (χ3v) is 3.59. The second kappa shape index (κ2) is 5.57. The molecular formula is C7H7NaO7S2. The number of carbonyl (C=O) groups excluding carboxylic acids is 1. The van der Waals surface area contributed by atoms with Gasteiger partial charge in [0.05, 0.1) is 0 Å². The molecule has 0 aliphatic heterocycles. The molecule has 0 aliphatic carbocycles. The van der Waals surface area contributed by atoms with Crippen LogP contribution in [0.1, 0.15) is 10.4 Å². The first-order valence-electron chi connectivity index (χ1n) is 3.70. The standard InChI is InChI=1S/C7H6O7S2.Na.H/c8-4-5-1-2-6(15(9,10)11)7(3-5)16(12,13)14;;/h1-4H,(H,9,10,11)(H,12,13,14);;. The van der Waals surface area contributed by atoms with Gasteiger partial charge in [-0.3, -0.25) is 13.9 Å². The first-order valence-corrected chi connectivity index (χ1v) is 6.58. The average Bonchev–Trinajstić information content (AvgIpc) is 2.14. The molecule has 1 aromatic carbocycles. The zero-order valence-corrected chi connectivity index (χ0v) is 9.19. The summed E-state index contributed by atoms with van der Waals surface area (Å²) in [5.41, 5.74) is -0.153. The predicted octanol–water partition coefficient (Wildman–Crippen LogP) is -0.656. The number of hydrogen-bond acceptors (Lipinski definition) is 5. The Kier molecular flexibility index (Phi) is 5.47. The van der Waals surface area contributed by atoms with E-state index in [9.17, 15) is 21.6 Å². The fourth-order valence-corrected chi connectivity index (χ4v) is 2.80. The minimum absolute atomic E-state index is 0. The Bertz CT molecular complexity index is 632. The molecular weight excluding hydrogens is 283 g/mol. The molecule has 0 saturated carbocycles. The summed E-state index contributed by atoms with van der Waals surface area (Å²) in [5.74, 6) is 0. The summed E-state index contributed by atoms with van der Waals surface area (Å²) in [5, 5.41) is 0. The topological polar surface area (TPSA) is 126 Å². The molecule has 10 heteroatoms. The molecule has 0 heterocycles. The molecule has 0 amide bonds. The number of carbonyl (C=O) groups is 1. The summed E-state index contributed by atoms with van der Waals surface area (Å²) in [7, 11) is -9.64. The van der Waals surface area contributed by atoms with E-state index in [1.54, 1.807) is 0 Å². The van der Waals surface area contributed by atoms with Crippen molar-refractivity contribution < 1.29 is 30.7 Å². The molecule has 0 bridgehead atoms. The fraction of sp³-hybridized carbons (Fsp3) is 0. The summed E-state index contributed by atoms with van der Waals surface area (Å²) >= 11 is 0. The molecule has 0 spiro atoms. The SMILES string of the molecule is O=Cc1ccc(S(=O)(=O)O)c(S(=O)(=O)O)c1.[NaH]. The number of aldehydes is 1. The summed E-state index contributed by atoms with van der Waals surface area (Å²) in [6.45, 7) is 0. The first kappa shape index (κ1) is 16.7. The molecule has 0 radical (unpaired) electrons. The van der Waals surface area contributed by atoms with Crippen LogP contribution in [0.5, 0.6) is 0 Å². The molecule has 1 aromatic rings. The van der Waals surface area contributed by atoms with E-state index in [1.807, 2.05) is 0 Å². The number of rotatable bonds is 3. The number of hydrogen-bond donors (Lipinski definition) is 2. The van der Waals surface area contributed by atoms with Crippen LogP contribution in [-0.2, 0) is 20.2 Å². The molecule has 2 N–H and O–H groups in total. The van der Waals surface area contributed by atoms with Gasteiger partial charge in [-0.05, 0) is 12.1 Å². The van der Waals surface area contributed by atoms with Gasteiger partial charge in [-0.25, -0.2) is 0 Å². The number of benzene rings is 1. The van der Waals surface area contributed by atoms with Gasteiger partial charge in [-0.15, -0.1) is 0 Å². The van der Waals surface area contributed by atoms with Crippen LogP contribution in [0.15, 0.2) is 28.0 Å². The second-order valence-corrected chi connectivity index (χ2v) is 5.55. The molecule has 0 aromatic heterocycles. The molecule has 0 saturated heterocycles. The van der Waals surface area contributed by atoms with Crippen LogP contribution in [0.3, 0.4) is 0 Å². The summed E-state index contributed by atoms with van der Waals surface area (Å²) in [4.78, 5) is 8.33. The van der Waals surface area contributed by atoms with Gasteiger partial charge in [0.1, 0.15) is 16.1 Å². The van der Waals surface area contributed by atoms with E-state index in [2.05, 4.69) is 0 Å². The maximum atomic E-state index is 10.8. The Labute approximate surface area is 120 Å². The van der Waals surface area contributed by atoms with Crippen LogP contribution in [0.4, 0.5) is 0 Å². The molecule has 17 heavy (non-hydrogen) atoms. The van der Waals surface area contributed by atoms with Crippen molar-refractivity contribution in [1.29, 1.82) is 0 Å². The normalized spacial score (nSPS) is 11.6. The van der Waals surface area contributed by atoms with Gasteiger partial charge in [-0.1, -0.05) is 6.07 Å². The van der Waals surface area contributed by atoms with E-state index in [0.717, 1.165) is 6.07 Å². The van der Waals surface area contributed by atoms with Crippen LogP contribution in [0, 0.1) is 0 Å². The summed E-state index contributed by atoms with van der Waals surface area (Å²) in [6.07, 6.45) is 0.266. The van der Waals surface area contributed by atoms with Crippen LogP contribution >= 0.6 is 0 Å². The zero-order chi connectivity index (χ0) is 12.6. The van der Waals surface area contributed by atoms with E-state index in [1.165, 1.54) is 0 Å². The van der Waals surface area contributed by atoms with Crippen molar-refractivity contribution in [2.24, 2.45) is 0 Å². The Morgan fingerprint density at radius 1 is 0.941 bits per heavy atom. The van der Waals surface area contributed by atoms with Crippen molar-refractivity contribution in [3.63, 3.8) is 0 Å². The first-order chi connectivity index (χ1) is 7.16. The maximum absolute atomic E-state index is 10.8. The fourth-order valence-electron chi connectivity index (χ4n) is 1.01. The van der Waals surface area contributed by atoms with Gasteiger partial charge < -0.3 is 0 Å². The van der Waals surface area contributed by atoms with E-state index in [4.69, 9.17) is 9.11 Å². The second-order valence-electron chi connectivity index (χ2n) is 2.77. The molecule has 7 nitrogen and oxygen atoms in total. The van der Waals surface area contributed by atoms with Crippen molar-refractivity contribution in [3.8, 4) is 0 Å². The summed E-state index contributed by atoms with van der Waals surface area (Å²) in [6, 6.07) is 2.35. The molecule has 0 unspecified atom stereocenters. The summed E-state index contributed by atoms with van der Waals surface area (Å²) < 4.78 is 60.7. The van der Waals surface area contributed by atoms with E-state index >= 15 is 0 Å². The zero-order valence-electron chi connectivity index (χ0n) is 7.56. The van der Waals surface area contributed by atoms with Gasteiger partial charge in [0.25, 0.3) is 20.2 Å². The van der Waals surface area contributed by atoms with Crippen LogP contribution < -0.4 is 0 Å². The van der Waals surface area contributed by atoms with Gasteiger partial charge >= 0.3 is 29.6 Å². The van der Waals surface area contributed by atoms with Gasteiger partial charge in [0.2, 0.25) is 0 Å². The quantitative estimate of drug-likeness (QED) is 0.430. The minimum atomic E-state index is -4.85. The Hall–Kier alpha value is -0.290. The van der Waals surface area contributed by atoms with Crippen molar-refractivity contribution >= 4 is 56.1 Å². The van der Waals surface area contributed by atoms with Gasteiger partial charge in [-0.2, -0.15) is 16.8 Å². The van der Waals surface area contributed by atoms with Crippen molar-refractivity contribution in [2.45, 2.75) is 9.79 Å². The Balaban J connectivity index is 0.00000256. The third-order valence-electron chi connectivity index (χ3n) is 1.66. The van der Waals surface area contributed by atoms with Crippen LogP contribution in [-0.4, -0.2) is 61.8 Å². The molecule has 1 rings (SSSR count). The monoisotopic (exact) mass is 290 g/mol.